The minimum absolute atomic E-state index is 0.140. The van der Waals surface area contributed by atoms with Crippen LogP contribution in [-0.4, -0.2) is 16.2 Å². The van der Waals surface area contributed by atoms with Gasteiger partial charge in [0.15, 0.2) is 0 Å². The lowest BCUT2D eigenvalue weighted by atomic mass is 9.80. The first-order valence-electron chi connectivity index (χ1n) is 12.6. The summed E-state index contributed by atoms with van der Waals surface area (Å²) in [6.45, 7) is 8.56. The summed E-state index contributed by atoms with van der Waals surface area (Å²) >= 11 is 0. The van der Waals surface area contributed by atoms with Crippen LogP contribution in [0.15, 0.2) is 71.3 Å². The lowest BCUT2D eigenvalue weighted by molar-refractivity contribution is 0.319. The zero-order valence-corrected chi connectivity index (χ0v) is 20.7. The van der Waals surface area contributed by atoms with Crippen molar-refractivity contribution in [1.82, 2.24) is 15.5 Å². The van der Waals surface area contributed by atoms with Gasteiger partial charge in [0.1, 0.15) is 0 Å². The van der Waals surface area contributed by atoms with Crippen LogP contribution in [0, 0.1) is 0 Å². The van der Waals surface area contributed by atoms with Gasteiger partial charge in [-0.3, -0.25) is 0 Å². The molecule has 1 fully saturated rings. The fourth-order valence-corrected chi connectivity index (χ4v) is 5.27. The molecule has 0 spiro atoms. The van der Waals surface area contributed by atoms with E-state index in [1.165, 1.54) is 47.6 Å². The Balaban J connectivity index is 1.26. The molecule has 0 radical (unpaired) electrons. The highest BCUT2D eigenvalue weighted by Crippen LogP contribution is 2.35. The highest BCUT2D eigenvalue weighted by atomic mass is 16.5. The maximum absolute atomic E-state index is 5.47. The monoisotopic (exact) mass is 453 g/mol. The molecule has 4 nitrogen and oxygen atoms in total. The lowest BCUT2D eigenvalue weighted by Gasteiger charge is -2.32. The summed E-state index contributed by atoms with van der Waals surface area (Å²) < 4.78 is 5.47. The van der Waals surface area contributed by atoms with E-state index in [0.717, 1.165) is 5.56 Å². The normalized spacial score (nSPS) is 19.9. The van der Waals surface area contributed by atoms with E-state index < -0.39 is 0 Å². The Hall–Kier alpha value is -2.98. The maximum Gasteiger partial charge on any atom is 0.232 e. The van der Waals surface area contributed by atoms with Crippen LogP contribution in [0.1, 0.15) is 82.4 Å². The fourth-order valence-electron chi connectivity index (χ4n) is 5.27. The number of nitrogens with zero attached hydrogens (tertiary/aromatic N) is 2. The van der Waals surface area contributed by atoms with Crippen LogP contribution >= 0.6 is 0 Å². The Morgan fingerprint density at radius 3 is 2.47 bits per heavy atom. The van der Waals surface area contributed by atoms with Gasteiger partial charge in [0.2, 0.25) is 11.7 Å². The Morgan fingerprint density at radius 2 is 1.71 bits per heavy atom. The second kappa shape index (κ2) is 9.34. The lowest BCUT2D eigenvalue weighted by Crippen LogP contribution is -2.35. The SMILES string of the molecule is C[C@@H](NC1CCCC(c2ccc(-c3noc(C(C)(C)C)n3)cc2)C1)c1cccc2ccccc12. The van der Waals surface area contributed by atoms with E-state index >= 15 is 0 Å². The summed E-state index contributed by atoms with van der Waals surface area (Å²) in [5.41, 5.74) is 3.67. The number of hydrogen-bond acceptors (Lipinski definition) is 4. The van der Waals surface area contributed by atoms with Gasteiger partial charge >= 0.3 is 0 Å². The zero-order valence-electron chi connectivity index (χ0n) is 20.7. The molecule has 176 valence electrons. The molecule has 4 aromatic rings. The number of nitrogens with one attached hydrogen (secondary N) is 1. The smallest absolute Gasteiger partial charge is 0.232 e. The van der Waals surface area contributed by atoms with Crippen molar-refractivity contribution < 1.29 is 4.52 Å². The first-order chi connectivity index (χ1) is 16.4. The van der Waals surface area contributed by atoms with E-state index in [1.54, 1.807) is 0 Å². The van der Waals surface area contributed by atoms with Gasteiger partial charge < -0.3 is 9.84 Å². The summed E-state index contributed by atoms with van der Waals surface area (Å²) in [6, 6.07) is 25.0. The molecular formula is C30H35N3O. The Labute approximate surface area is 202 Å². The molecule has 5 rings (SSSR count). The van der Waals surface area contributed by atoms with Gasteiger partial charge in [-0.1, -0.05) is 99.1 Å². The average molecular weight is 454 g/mol. The zero-order chi connectivity index (χ0) is 23.7. The van der Waals surface area contributed by atoms with E-state index in [2.05, 4.69) is 110 Å². The minimum atomic E-state index is -0.140. The first-order valence-corrected chi connectivity index (χ1v) is 12.6. The van der Waals surface area contributed by atoms with Gasteiger partial charge in [-0.05, 0) is 54.0 Å². The van der Waals surface area contributed by atoms with Crippen LogP contribution in [0.25, 0.3) is 22.2 Å². The molecule has 1 aromatic heterocycles. The summed E-state index contributed by atoms with van der Waals surface area (Å²) in [5, 5.41) is 10.8. The second-order valence-electron chi connectivity index (χ2n) is 10.8. The van der Waals surface area contributed by atoms with Crippen LogP contribution in [0.4, 0.5) is 0 Å². The maximum atomic E-state index is 5.47. The summed E-state index contributed by atoms with van der Waals surface area (Å²) in [7, 11) is 0. The molecular weight excluding hydrogens is 418 g/mol. The van der Waals surface area contributed by atoms with Crippen LogP contribution < -0.4 is 5.32 Å². The number of aromatic nitrogens is 2. The van der Waals surface area contributed by atoms with E-state index in [1.807, 2.05) is 0 Å². The van der Waals surface area contributed by atoms with Crippen molar-refractivity contribution in [1.29, 1.82) is 0 Å². The summed E-state index contributed by atoms with van der Waals surface area (Å²) in [4.78, 5) is 4.60. The van der Waals surface area contributed by atoms with Crippen LogP contribution in [0.3, 0.4) is 0 Å². The van der Waals surface area contributed by atoms with Crippen molar-refractivity contribution in [3.05, 3.63) is 83.7 Å². The van der Waals surface area contributed by atoms with Gasteiger partial charge in [-0.25, -0.2) is 0 Å². The van der Waals surface area contributed by atoms with Crippen molar-refractivity contribution in [2.45, 2.75) is 76.8 Å². The number of hydrogen-bond donors (Lipinski definition) is 1. The second-order valence-corrected chi connectivity index (χ2v) is 10.8. The fraction of sp³-hybridized carbons (Fsp3) is 0.400. The molecule has 3 atom stereocenters. The molecule has 4 heteroatoms. The van der Waals surface area contributed by atoms with E-state index in [4.69, 9.17) is 4.52 Å². The molecule has 1 saturated carbocycles. The largest absolute Gasteiger partial charge is 0.338 e. The highest BCUT2D eigenvalue weighted by Gasteiger charge is 2.26. The predicted octanol–water partition coefficient (Wildman–Crippen LogP) is 7.56. The molecule has 2 unspecified atom stereocenters. The quantitative estimate of drug-likeness (QED) is 0.339. The van der Waals surface area contributed by atoms with Gasteiger partial charge in [0.05, 0.1) is 0 Å². The summed E-state index contributed by atoms with van der Waals surface area (Å²) in [5.74, 6) is 1.92. The van der Waals surface area contributed by atoms with Crippen molar-refractivity contribution >= 4 is 10.8 Å². The third-order valence-corrected chi connectivity index (χ3v) is 7.16. The number of rotatable bonds is 5. The van der Waals surface area contributed by atoms with E-state index in [-0.39, 0.29) is 5.41 Å². The molecule has 1 N–H and O–H groups in total. The molecule has 34 heavy (non-hydrogen) atoms. The van der Waals surface area contributed by atoms with Crippen LogP contribution in [-0.2, 0) is 5.41 Å². The van der Waals surface area contributed by atoms with Crippen molar-refractivity contribution in [3.8, 4) is 11.4 Å². The minimum Gasteiger partial charge on any atom is -0.338 e. The molecule has 0 saturated heterocycles. The topological polar surface area (TPSA) is 51.0 Å². The molecule has 0 amide bonds. The van der Waals surface area contributed by atoms with Gasteiger partial charge in [0.25, 0.3) is 0 Å². The molecule has 1 aliphatic rings. The van der Waals surface area contributed by atoms with Crippen molar-refractivity contribution in [2.75, 3.05) is 0 Å². The Bertz CT molecular complexity index is 1250. The molecule has 3 aromatic carbocycles. The van der Waals surface area contributed by atoms with Crippen LogP contribution in [0.2, 0.25) is 0 Å². The van der Waals surface area contributed by atoms with E-state index in [0.29, 0.717) is 29.7 Å². The molecule has 0 aliphatic heterocycles. The van der Waals surface area contributed by atoms with Crippen molar-refractivity contribution in [2.24, 2.45) is 0 Å². The first kappa shape index (κ1) is 22.8. The van der Waals surface area contributed by atoms with E-state index in [9.17, 15) is 0 Å². The molecule has 1 heterocycles. The van der Waals surface area contributed by atoms with Crippen LogP contribution in [0.5, 0.6) is 0 Å². The summed E-state index contributed by atoms with van der Waals surface area (Å²) in [6.07, 6.45) is 4.91. The Morgan fingerprint density at radius 1 is 0.941 bits per heavy atom. The van der Waals surface area contributed by atoms with Gasteiger partial charge in [-0.15, -0.1) is 0 Å². The molecule has 1 aliphatic carbocycles. The van der Waals surface area contributed by atoms with Gasteiger partial charge in [0, 0.05) is 23.1 Å². The van der Waals surface area contributed by atoms with Gasteiger partial charge in [-0.2, -0.15) is 4.98 Å². The average Bonchev–Trinajstić information content (AvgIpc) is 3.35. The highest BCUT2D eigenvalue weighted by molar-refractivity contribution is 5.86. The Kier molecular flexibility index (Phi) is 6.26. The standard InChI is InChI=1S/C30H35N3O/c1-20(26-14-8-10-22-9-5-6-13-27(22)26)31-25-12-7-11-24(19-25)21-15-17-23(18-16-21)28-32-29(34-33-28)30(2,3)4/h5-6,8-10,13-18,20,24-25,31H,7,11-12,19H2,1-4H3/t20-,24?,25?/m1/s1. The number of fused-ring (bicyclic) bond motifs is 1. The number of benzene rings is 3. The molecule has 0 bridgehead atoms. The third-order valence-electron chi connectivity index (χ3n) is 7.16. The van der Waals surface area contributed by atoms with Crippen molar-refractivity contribution in [3.63, 3.8) is 0 Å². The predicted molar refractivity (Wildman–Crippen MR) is 139 cm³/mol. The third kappa shape index (κ3) is 4.78.